The largest absolute Gasteiger partial charge is 0.525 e. The Hall–Kier alpha value is -2.03. The van der Waals surface area contributed by atoms with Crippen LogP contribution in [0.1, 0.15) is 27.7 Å². The molecule has 1 aliphatic rings. The highest BCUT2D eigenvalue weighted by molar-refractivity contribution is 7.24. The predicted octanol–water partition coefficient (Wildman–Crippen LogP) is 2.35. The van der Waals surface area contributed by atoms with Crippen LogP contribution in [-0.2, 0) is 9.31 Å². The molecule has 0 aliphatic carbocycles. The van der Waals surface area contributed by atoms with Crippen LogP contribution in [0.3, 0.4) is 0 Å². The van der Waals surface area contributed by atoms with E-state index in [1.807, 2.05) is 45.9 Å². The molecule has 0 atom stereocenters. The second-order valence-corrected chi connectivity index (χ2v) is 8.14. The minimum atomic E-state index is -0.518. The van der Waals surface area contributed by atoms with Gasteiger partial charge >= 0.3 is 7.12 Å². The number of hydrogen-bond acceptors (Lipinski definition) is 6. The minimum absolute atomic E-state index is 0.161. The molecule has 3 aromatic rings. The maximum Gasteiger partial charge on any atom is 0.525 e. The number of aromatic amines is 1. The lowest BCUT2D eigenvalue weighted by atomic mass is 9.90. The van der Waals surface area contributed by atoms with Crippen molar-refractivity contribution < 1.29 is 9.31 Å². The Morgan fingerprint density at radius 3 is 2.52 bits per heavy atom. The number of thiazole rings is 1. The number of aromatic nitrogens is 3. The van der Waals surface area contributed by atoms with Gasteiger partial charge in [-0.1, -0.05) is 12.1 Å². The van der Waals surface area contributed by atoms with Gasteiger partial charge in [0.25, 0.3) is 5.56 Å². The van der Waals surface area contributed by atoms with Crippen LogP contribution in [0.5, 0.6) is 0 Å². The Morgan fingerprint density at radius 1 is 1.12 bits per heavy atom. The lowest BCUT2D eigenvalue weighted by Gasteiger charge is -2.32. The van der Waals surface area contributed by atoms with Crippen molar-refractivity contribution in [1.82, 2.24) is 15.0 Å². The van der Waals surface area contributed by atoms with E-state index in [2.05, 4.69) is 15.0 Å². The molecular weight excluding hydrogens is 337 g/mol. The molecule has 4 rings (SSSR count). The highest BCUT2D eigenvalue weighted by atomic mass is 32.1. The van der Waals surface area contributed by atoms with Crippen LogP contribution in [0.15, 0.2) is 35.3 Å². The first-order valence-corrected chi connectivity index (χ1v) is 8.89. The average Bonchev–Trinajstić information content (AvgIpc) is 3.11. The third-order valence-corrected chi connectivity index (χ3v) is 5.85. The van der Waals surface area contributed by atoms with Crippen LogP contribution in [-0.4, -0.2) is 33.3 Å². The fraction of sp³-hybridized carbons (Fsp3) is 0.353. The summed E-state index contributed by atoms with van der Waals surface area (Å²) in [5.41, 5.74) is -0.337. The van der Waals surface area contributed by atoms with Gasteiger partial charge in [-0.05, 0) is 39.8 Å². The topological polar surface area (TPSA) is 77.1 Å². The molecule has 0 bridgehead atoms. The molecule has 2 aromatic heterocycles. The van der Waals surface area contributed by atoms with Gasteiger partial charge in [-0.25, -0.2) is 4.98 Å². The third kappa shape index (κ3) is 2.70. The predicted molar refractivity (Wildman–Crippen MR) is 99.2 cm³/mol. The molecule has 0 amide bonds. The molecule has 1 fully saturated rings. The van der Waals surface area contributed by atoms with Crippen molar-refractivity contribution in [1.29, 1.82) is 0 Å². The number of H-pyrrole nitrogens is 1. The third-order valence-electron chi connectivity index (χ3n) is 4.82. The van der Waals surface area contributed by atoms with Crippen molar-refractivity contribution >= 4 is 34.3 Å². The maximum atomic E-state index is 12.2. The number of para-hydroxylation sites is 1. The summed E-state index contributed by atoms with van der Waals surface area (Å²) in [5.74, 6) is 0.504. The monoisotopic (exact) mass is 355 g/mol. The summed E-state index contributed by atoms with van der Waals surface area (Å²) in [5, 5.41) is 0.571. The molecular formula is C17H18BN3O3S. The van der Waals surface area contributed by atoms with Gasteiger partial charge in [-0.15, -0.1) is 11.3 Å². The first-order valence-electron chi connectivity index (χ1n) is 8.08. The molecule has 3 heterocycles. The van der Waals surface area contributed by atoms with Gasteiger partial charge < -0.3 is 14.3 Å². The van der Waals surface area contributed by atoms with Crippen molar-refractivity contribution in [2.24, 2.45) is 0 Å². The molecule has 128 valence electrons. The van der Waals surface area contributed by atoms with E-state index in [1.54, 1.807) is 12.3 Å². The lowest BCUT2D eigenvalue weighted by Crippen LogP contribution is -2.41. The van der Waals surface area contributed by atoms with Crippen LogP contribution in [0, 0.1) is 0 Å². The molecule has 1 aromatic carbocycles. The normalized spacial score (nSPS) is 18.8. The number of fused-ring (bicyclic) bond motifs is 1. The second kappa shape index (κ2) is 5.49. The standard InChI is InChI=1S/C17H18BN3O3S/c1-16(2)17(3,4)24-18(23-16)15-19-9-12(25-15)13-20-11-8-6-5-7-10(11)14(22)21-13/h5-9H,1-4H3,(H,20,21,22). The molecule has 6 nitrogen and oxygen atoms in total. The molecule has 1 aliphatic heterocycles. The highest BCUT2D eigenvalue weighted by Crippen LogP contribution is 2.37. The van der Waals surface area contributed by atoms with Gasteiger partial charge in [0.1, 0.15) is 4.91 Å². The van der Waals surface area contributed by atoms with E-state index in [0.717, 1.165) is 4.88 Å². The molecule has 0 radical (unpaired) electrons. The number of nitrogens with one attached hydrogen (secondary N) is 1. The van der Waals surface area contributed by atoms with Crippen molar-refractivity contribution in [2.45, 2.75) is 38.9 Å². The van der Waals surface area contributed by atoms with Gasteiger partial charge in [-0.3, -0.25) is 9.78 Å². The summed E-state index contributed by atoms with van der Waals surface area (Å²) in [4.78, 5) is 25.5. The van der Waals surface area contributed by atoms with E-state index in [0.29, 0.717) is 21.6 Å². The van der Waals surface area contributed by atoms with Crippen molar-refractivity contribution in [3.05, 3.63) is 40.8 Å². The molecule has 8 heteroatoms. The maximum absolute atomic E-state index is 12.2. The number of nitrogens with zero attached hydrogens (tertiary/aromatic N) is 2. The van der Waals surface area contributed by atoms with Crippen LogP contribution >= 0.6 is 11.3 Å². The van der Waals surface area contributed by atoms with E-state index in [-0.39, 0.29) is 5.56 Å². The molecule has 1 N–H and O–H groups in total. The van der Waals surface area contributed by atoms with E-state index < -0.39 is 18.3 Å². The van der Waals surface area contributed by atoms with Crippen molar-refractivity contribution in [2.75, 3.05) is 0 Å². The fourth-order valence-electron chi connectivity index (χ4n) is 2.65. The zero-order chi connectivity index (χ0) is 17.8. The van der Waals surface area contributed by atoms with Crippen LogP contribution < -0.4 is 10.5 Å². The average molecular weight is 355 g/mol. The summed E-state index contributed by atoms with van der Waals surface area (Å²) >= 11 is 1.41. The number of hydrogen-bond donors (Lipinski definition) is 1. The molecule has 1 saturated heterocycles. The van der Waals surface area contributed by atoms with Gasteiger partial charge in [0.2, 0.25) is 0 Å². The van der Waals surface area contributed by atoms with Crippen LogP contribution in [0.2, 0.25) is 0 Å². The Labute approximate surface area is 149 Å². The SMILES string of the molecule is CC1(C)OB(c2ncc(-c3nc4ccccc4c(=O)[nH]3)s2)OC1(C)C. The lowest BCUT2D eigenvalue weighted by molar-refractivity contribution is 0.00578. The number of benzene rings is 1. The van der Waals surface area contributed by atoms with Crippen molar-refractivity contribution in [3.8, 4) is 10.7 Å². The first kappa shape index (κ1) is 16.4. The Bertz CT molecular complexity index is 996. The Morgan fingerprint density at radius 2 is 1.80 bits per heavy atom. The zero-order valence-electron chi connectivity index (χ0n) is 14.5. The first-order chi connectivity index (χ1) is 11.8. The summed E-state index contributed by atoms with van der Waals surface area (Å²) in [7, 11) is -0.518. The summed E-state index contributed by atoms with van der Waals surface area (Å²) in [6, 6.07) is 7.26. The van der Waals surface area contributed by atoms with E-state index >= 15 is 0 Å². The van der Waals surface area contributed by atoms with E-state index in [1.165, 1.54) is 11.3 Å². The second-order valence-electron chi connectivity index (χ2n) is 7.08. The van der Waals surface area contributed by atoms with Crippen LogP contribution in [0.25, 0.3) is 21.6 Å². The molecule has 0 saturated carbocycles. The van der Waals surface area contributed by atoms with Gasteiger partial charge in [0.05, 0.1) is 27.0 Å². The van der Waals surface area contributed by atoms with E-state index in [9.17, 15) is 4.79 Å². The summed E-state index contributed by atoms with van der Waals surface area (Å²) < 4.78 is 12.1. The number of rotatable bonds is 2. The molecule has 25 heavy (non-hydrogen) atoms. The van der Waals surface area contributed by atoms with Crippen molar-refractivity contribution in [3.63, 3.8) is 0 Å². The molecule has 0 unspecified atom stereocenters. The fourth-order valence-corrected chi connectivity index (χ4v) is 3.47. The van der Waals surface area contributed by atoms with Gasteiger partial charge in [-0.2, -0.15) is 0 Å². The summed E-state index contributed by atoms with van der Waals surface area (Å²) in [6.45, 7) is 8.02. The zero-order valence-corrected chi connectivity index (χ0v) is 15.3. The molecule has 0 spiro atoms. The van der Waals surface area contributed by atoms with Crippen LogP contribution in [0.4, 0.5) is 0 Å². The van der Waals surface area contributed by atoms with E-state index in [4.69, 9.17) is 9.31 Å². The quantitative estimate of drug-likeness (QED) is 0.714. The minimum Gasteiger partial charge on any atom is -0.398 e. The highest BCUT2D eigenvalue weighted by Gasteiger charge is 2.53. The smallest absolute Gasteiger partial charge is 0.398 e. The van der Waals surface area contributed by atoms with Gasteiger partial charge in [0.15, 0.2) is 5.82 Å². The Kier molecular flexibility index (Phi) is 3.61. The van der Waals surface area contributed by atoms with Gasteiger partial charge in [0, 0.05) is 6.20 Å². The Balaban J connectivity index is 1.70. The summed E-state index contributed by atoms with van der Waals surface area (Å²) in [6.07, 6.45) is 1.69.